The van der Waals surface area contributed by atoms with Gasteiger partial charge in [-0.2, -0.15) is 0 Å². The van der Waals surface area contributed by atoms with Crippen molar-refractivity contribution in [2.75, 3.05) is 5.32 Å². The van der Waals surface area contributed by atoms with Crippen molar-refractivity contribution in [1.29, 1.82) is 0 Å². The highest BCUT2D eigenvalue weighted by atomic mass is 79.9. The Balaban J connectivity index is 2.76. The Bertz CT molecular complexity index is 455. The fourth-order valence-corrected chi connectivity index (χ4v) is 2.30. The van der Waals surface area contributed by atoms with Gasteiger partial charge in [0, 0.05) is 16.6 Å². The largest absolute Gasteiger partial charge is 0.371 e. The Kier molecular flexibility index (Phi) is 6.39. The molecule has 1 rings (SSSR count). The summed E-state index contributed by atoms with van der Waals surface area (Å²) in [6.45, 7) is 5.61. The summed E-state index contributed by atoms with van der Waals surface area (Å²) in [5, 5.41) is 5.63. The molecular formula is C14H19BrF2N2O. The lowest BCUT2D eigenvalue weighted by Gasteiger charge is -2.20. The first kappa shape index (κ1) is 16.9. The van der Waals surface area contributed by atoms with E-state index in [0.717, 1.165) is 25.0 Å². The quantitative estimate of drug-likeness (QED) is 0.820. The summed E-state index contributed by atoms with van der Waals surface area (Å²) in [7, 11) is 0. The average molecular weight is 349 g/mol. The van der Waals surface area contributed by atoms with Crippen LogP contribution in [0.3, 0.4) is 0 Å². The summed E-state index contributed by atoms with van der Waals surface area (Å²) in [6, 6.07) is 1.41. The molecule has 0 spiro atoms. The molecule has 0 saturated carbocycles. The van der Waals surface area contributed by atoms with Crippen LogP contribution in [0.2, 0.25) is 0 Å². The lowest BCUT2D eigenvalue weighted by Crippen LogP contribution is -2.43. The summed E-state index contributed by atoms with van der Waals surface area (Å²) in [5.41, 5.74) is 0.0820. The zero-order chi connectivity index (χ0) is 15.3. The van der Waals surface area contributed by atoms with E-state index in [1.807, 2.05) is 13.8 Å². The Labute approximate surface area is 126 Å². The third-order valence-electron chi connectivity index (χ3n) is 3.09. The predicted molar refractivity (Wildman–Crippen MR) is 79.7 cm³/mol. The number of benzene rings is 1. The number of anilines is 1. The van der Waals surface area contributed by atoms with E-state index < -0.39 is 17.7 Å². The van der Waals surface area contributed by atoms with Crippen LogP contribution in [0.15, 0.2) is 16.6 Å². The zero-order valence-corrected chi connectivity index (χ0v) is 13.4. The van der Waals surface area contributed by atoms with Gasteiger partial charge in [0.15, 0.2) is 0 Å². The normalized spacial score (nSPS) is 12.3. The molecule has 0 aliphatic rings. The fraction of sp³-hybridized carbons (Fsp3) is 0.500. The first-order valence-corrected chi connectivity index (χ1v) is 7.39. The van der Waals surface area contributed by atoms with E-state index >= 15 is 0 Å². The summed E-state index contributed by atoms with van der Waals surface area (Å²) < 4.78 is 26.9. The van der Waals surface area contributed by atoms with Gasteiger partial charge in [0.05, 0.1) is 5.69 Å². The minimum absolute atomic E-state index is 0.0820. The van der Waals surface area contributed by atoms with E-state index in [2.05, 4.69) is 26.6 Å². The maximum absolute atomic E-state index is 13.7. The fourth-order valence-electron chi connectivity index (χ4n) is 1.78. The molecule has 1 aromatic rings. The van der Waals surface area contributed by atoms with Crippen molar-refractivity contribution in [2.24, 2.45) is 0 Å². The lowest BCUT2D eigenvalue weighted by atomic mass is 10.1. The topological polar surface area (TPSA) is 41.1 Å². The van der Waals surface area contributed by atoms with Gasteiger partial charge in [0.1, 0.15) is 17.7 Å². The third-order valence-corrected chi connectivity index (χ3v) is 3.72. The van der Waals surface area contributed by atoms with Gasteiger partial charge in [0.25, 0.3) is 0 Å². The summed E-state index contributed by atoms with van der Waals surface area (Å²) in [5.74, 6) is -1.62. The number of nitrogens with one attached hydrogen (secondary N) is 2. The smallest absolute Gasteiger partial charge is 0.242 e. The van der Waals surface area contributed by atoms with Gasteiger partial charge in [-0.15, -0.1) is 0 Å². The molecule has 2 N–H and O–H groups in total. The summed E-state index contributed by atoms with van der Waals surface area (Å²) >= 11 is 3.08. The molecule has 0 aliphatic carbocycles. The Morgan fingerprint density at radius 2 is 1.90 bits per heavy atom. The first-order valence-electron chi connectivity index (χ1n) is 6.60. The second kappa shape index (κ2) is 7.57. The minimum atomic E-state index is -0.737. The zero-order valence-electron chi connectivity index (χ0n) is 11.8. The lowest BCUT2D eigenvalue weighted by molar-refractivity contribution is -0.122. The SMILES string of the molecule is CCC(CC)NC(=O)C(C)Nc1c(F)cc(F)cc1Br. The van der Waals surface area contributed by atoms with Gasteiger partial charge in [-0.05, 0) is 41.8 Å². The van der Waals surface area contributed by atoms with Crippen molar-refractivity contribution >= 4 is 27.5 Å². The Morgan fingerprint density at radius 3 is 2.40 bits per heavy atom. The average Bonchev–Trinajstić information content (AvgIpc) is 2.39. The molecule has 0 aromatic heterocycles. The van der Waals surface area contributed by atoms with Crippen molar-refractivity contribution in [3.8, 4) is 0 Å². The molecule has 0 radical (unpaired) electrons. The second-order valence-electron chi connectivity index (χ2n) is 4.63. The van der Waals surface area contributed by atoms with Crippen molar-refractivity contribution in [3.63, 3.8) is 0 Å². The molecule has 20 heavy (non-hydrogen) atoms. The molecule has 3 nitrogen and oxygen atoms in total. The molecule has 0 bridgehead atoms. The highest BCUT2D eigenvalue weighted by Gasteiger charge is 2.18. The van der Waals surface area contributed by atoms with Crippen molar-refractivity contribution in [2.45, 2.75) is 45.7 Å². The summed E-state index contributed by atoms with van der Waals surface area (Å²) in [4.78, 5) is 12.0. The van der Waals surface area contributed by atoms with Crippen LogP contribution >= 0.6 is 15.9 Å². The highest BCUT2D eigenvalue weighted by molar-refractivity contribution is 9.10. The Hall–Kier alpha value is -1.17. The number of hydrogen-bond donors (Lipinski definition) is 2. The van der Waals surface area contributed by atoms with E-state index in [9.17, 15) is 13.6 Å². The second-order valence-corrected chi connectivity index (χ2v) is 5.49. The van der Waals surface area contributed by atoms with E-state index in [-0.39, 0.29) is 22.1 Å². The summed E-state index contributed by atoms with van der Waals surface area (Å²) in [6.07, 6.45) is 1.67. The molecule has 112 valence electrons. The first-order chi connectivity index (χ1) is 9.38. The number of amides is 1. The predicted octanol–water partition coefficient (Wildman–Crippen LogP) is 3.83. The van der Waals surface area contributed by atoms with Gasteiger partial charge >= 0.3 is 0 Å². The van der Waals surface area contributed by atoms with Gasteiger partial charge in [-0.1, -0.05) is 13.8 Å². The van der Waals surface area contributed by atoms with Crippen LogP contribution in [0.1, 0.15) is 33.6 Å². The number of rotatable bonds is 6. The number of carbonyl (C=O) groups excluding carboxylic acids is 1. The molecule has 6 heteroatoms. The van der Waals surface area contributed by atoms with Crippen LogP contribution < -0.4 is 10.6 Å². The molecule has 1 amide bonds. The van der Waals surface area contributed by atoms with Gasteiger partial charge in [-0.25, -0.2) is 8.78 Å². The van der Waals surface area contributed by atoms with E-state index in [1.54, 1.807) is 6.92 Å². The molecule has 0 heterocycles. The minimum Gasteiger partial charge on any atom is -0.371 e. The molecular weight excluding hydrogens is 330 g/mol. The molecule has 1 unspecified atom stereocenters. The van der Waals surface area contributed by atoms with Crippen LogP contribution in [0, 0.1) is 11.6 Å². The van der Waals surface area contributed by atoms with Crippen LogP contribution in [0.4, 0.5) is 14.5 Å². The molecule has 0 aliphatic heterocycles. The standard InChI is InChI=1S/C14H19BrF2N2O/c1-4-10(5-2)19-14(20)8(3)18-13-11(15)6-9(16)7-12(13)17/h6-8,10,18H,4-5H2,1-3H3,(H,19,20). The maximum Gasteiger partial charge on any atom is 0.242 e. The third kappa shape index (κ3) is 4.44. The van der Waals surface area contributed by atoms with E-state index in [0.29, 0.717) is 0 Å². The van der Waals surface area contributed by atoms with Crippen LogP contribution in [0.25, 0.3) is 0 Å². The van der Waals surface area contributed by atoms with Crippen molar-refractivity contribution in [1.82, 2.24) is 5.32 Å². The van der Waals surface area contributed by atoms with E-state index in [4.69, 9.17) is 0 Å². The van der Waals surface area contributed by atoms with Crippen LogP contribution in [-0.4, -0.2) is 18.0 Å². The number of halogens is 3. The van der Waals surface area contributed by atoms with Crippen LogP contribution in [0.5, 0.6) is 0 Å². The van der Waals surface area contributed by atoms with E-state index in [1.165, 1.54) is 0 Å². The molecule has 0 saturated heterocycles. The number of carbonyl (C=O) groups is 1. The molecule has 1 aromatic carbocycles. The van der Waals surface area contributed by atoms with Gasteiger partial charge in [-0.3, -0.25) is 4.79 Å². The van der Waals surface area contributed by atoms with Crippen LogP contribution in [-0.2, 0) is 4.79 Å². The molecule has 1 atom stereocenters. The maximum atomic E-state index is 13.7. The van der Waals surface area contributed by atoms with Crippen molar-refractivity contribution < 1.29 is 13.6 Å². The Morgan fingerprint density at radius 1 is 1.30 bits per heavy atom. The number of hydrogen-bond acceptors (Lipinski definition) is 2. The van der Waals surface area contributed by atoms with Gasteiger partial charge in [0.2, 0.25) is 5.91 Å². The van der Waals surface area contributed by atoms with Crippen molar-refractivity contribution in [3.05, 3.63) is 28.2 Å². The van der Waals surface area contributed by atoms with Gasteiger partial charge < -0.3 is 10.6 Å². The monoisotopic (exact) mass is 348 g/mol. The molecule has 0 fully saturated rings. The highest BCUT2D eigenvalue weighted by Crippen LogP contribution is 2.27.